The van der Waals surface area contributed by atoms with Gasteiger partial charge in [0.1, 0.15) is 0 Å². The van der Waals surface area contributed by atoms with Crippen LogP contribution in [0, 0.1) is 0 Å². The first-order valence-corrected chi connectivity index (χ1v) is 5.23. The highest BCUT2D eigenvalue weighted by Gasteiger charge is 2.12. The van der Waals surface area contributed by atoms with Gasteiger partial charge in [0, 0.05) is 20.0 Å². The minimum atomic E-state index is -0.457. The Kier molecular flexibility index (Phi) is 6.59. The van der Waals surface area contributed by atoms with Crippen molar-refractivity contribution in [2.45, 2.75) is 6.42 Å². The van der Waals surface area contributed by atoms with E-state index in [9.17, 15) is 9.59 Å². The number of carbonyl (C=O) groups excluding carboxylic acids is 2. The molecule has 6 nitrogen and oxygen atoms in total. The molecule has 92 valence electrons. The van der Waals surface area contributed by atoms with E-state index in [1.165, 1.54) is 4.90 Å². The maximum absolute atomic E-state index is 11.6. The first-order valence-electron chi connectivity index (χ1n) is 4.82. The molecule has 0 rings (SSSR count). The number of carbonyl (C=O) groups is 2. The van der Waals surface area contributed by atoms with Crippen molar-refractivity contribution in [3.63, 3.8) is 0 Å². The Morgan fingerprint density at radius 2 is 1.75 bits per heavy atom. The highest BCUT2D eigenvalue weighted by Crippen LogP contribution is 1.92. The molecular weight excluding hydrogens is 228 g/mol. The molecule has 16 heavy (non-hydrogen) atoms. The second-order valence-electron chi connectivity index (χ2n) is 3.67. The minimum Gasteiger partial charge on any atom is -0.393 e. The summed E-state index contributed by atoms with van der Waals surface area (Å²) in [5, 5.41) is 0. The molecule has 0 aromatic carbocycles. The lowest BCUT2D eigenvalue weighted by atomic mass is 10.3. The summed E-state index contributed by atoms with van der Waals surface area (Å²) in [6.45, 7) is 0.699. The molecule has 7 heteroatoms. The van der Waals surface area contributed by atoms with E-state index in [1.807, 2.05) is 0 Å². The van der Waals surface area contributed by atoms with E-state index in [-0.39, 0.29) is 19.0 Å². The van der Waals surface area contributed by atoms with Gasteiger partial charge < -0.3 is 16.4 Å². The molecule has 0 bridgehead atoms. The van der Waals surface area contributed by atoms with Gasteiger partial charge in [0.15, 0.2) is 0 Å². The molecule has 0 spiro atoms. The lowest BCUT2D eigenvalue weighted by Gasteiger charge is -2.20. The van der Waals surface area contributed by atoms with Crippen LogP contribution in [0.15, 0.2) is 0 Å². The summed E-state index contributed by atoms with van der Waals surface area (Å²) in [6.07, 6.45) is 0.497. The van der Waals surface area contributed by atoms with Crippen LogP contribution in [-0.4, -0.2) is 60.3 Å². The van der Waals surface area contributed by atoms with Gasteiger partial charge in [-0.15, -0.1) is 0 Å². The van der Waals surface area contributed by atoms with E-state index < -0.39 is 5.91 Å². The number of nitrogens with zero attached hydrogens (tertiary/aromatic N) is 2. The number of likely N-dealkylation sites (N-methyl/N-ethyl adjacent to an activating group) is 2. The number of nitrogens with two attached hydrogens (primary N) is 2. The molecule has 0 heterocycles. The smallest absolute Gasteiger partial charge is 0.236 e. The zero-order valence-corrected chi connectivity index (χ0v) is 10.4. The zero-order valence-electron chi connectivity index (χ0n) is 9.60. The fraction of sp³-hybridized carbons (Fsp3) is 0.667. The average molecular weight is 246 g/mol. The van der Waals surface area contributed by atoms with Crippen LogP contribution >= 0.6 is 12.2 Å². The van der Waals surface area contributed by atoms with Crippen molar-refractivity contribution in [2.24, 2.45) is 11.5 Å². The van der Waals surface area contributed by atoms with E-state index in [0.717, 1.165) is 0 Å². The number of primary amides is 1. The van der Waals surface area contributed by atoms with Crippen LogP contribution in [0.2, 0.25) is 0 Å². The Labute approximate surface area is 101 Å². The predicted molar refractivity (Wildman–Crippen MR) is 65.7 cm³/mol. The molecule has 0 saturated heterocycles. The molecule has 0 aliphatic heterocycles. The summed E-state index contributed by atoms with van der Waals surface area (Å²) in [6, 6.07) is 0. The standard InChI is InChI=1S/C9H18N4O2S/c1-12(5-7(10)14)6-9(15)13(2)4-3-8(11)16/h3-6H2,1-2H3,(H2,10,14)(H2,11,16). The van der Waals surface area contributed by atoms with Crippen molar-refractivity contribution in [2.75, 3.05) is 33.7 Å². The second-order valence-corrected chi connectivity index (χ2v) is 4.19. The second kappa shape index (κ2) is 7.13. The van der Waals surface area contributed by atoms with Crippen LogP contribution in [0.25, 0.3) is 0 Å². The SMILES string of the molecule is CN(CC(N)=O)CC(=O)N(C)CCC(N)=S. The zero-order chi connectivity index (χ0) is 12.7. The third kappa shape index (κ3) is 7.13. The fourth-order valence-corrected chi connectivity index (χ4v) is 1.17. The molecule has 0 unspecified atom stereocenters. The van der Waals surface area contributed by atoms with Crippen LogP contribution in [0.1, 0.15) is 6.42 Å². The average Bonchev–Trinajstić information content (AvgIpc) is 2.12. The maximum atomic E-state index is 11.6. The Bertz CT molecular complexity index is 283. The number of thiocarbonyl (C=S) groups is 1. The van der Waals surface area contributed by atoms with Crippen molar-refractivity contribution < 1.29 is 9.59 Å². The fourth-order valence-electron chi connectivity index (χ4n) is 1.08. The molecule has 2 amide bonds. The van der Waals surface area contributed by atoms with Crippen LogP contribution < -0.4 is 11.5 Å². The monoisotopic (exact) mass is 246 g/mol. The van der Waals surface area contributed by atoms with Crippen LogP contribution in [0.5, 0.6) is 0 Å². The summed E-state index contributed by atoms with van der Waals surface area (Å²) in [5.41, 5.74) is 10.3. The summed E-state index contributed by atoms with van der Waals surface area (Å²) in [4.78, 5) is 25.7. The van der Waals surface area contributed by atoms with Crippen molar-refractivity contribution in [1.29, 1.82) is 0 Å². The molecule has 4 N–H and O–H groups in total. The Morgan fingerprint density at radius 3 is 2.19 bits per heavy atom. The van der Waals surface area contributed by atoms with E-state index in [2.05, 4.69) is 0 Å². The molecule has 0 radical (unpaired) electrons. The van der Waals surface area contributed by atoms with Crippen LogP contribution in [0.3, 0.4) is 0 Å². The summed E-state index contributed by atoms with van der Waals surface area (Å²) in [5.74, 6) is -0.555. The van der Waals surface area contributed by atoms with E-state index in [4.69, 9.17) is 23.7 Å². The lowest BCUT2D eigenvalue weighted by Crippen LogP contribution is -2.40. The minimum absolute atomic E-state index is 0.0644. The molecular formula is C9H18N4O2S. The van der Waals surface area contributed by atoms with E-state index in [0.29, 0.717) is 18.0 Å². The van der Waals surface area contributed by atoms with Gasteiger partial charge in [-0.1, -0.05) is 12.2 Å². The van der Waals surface area contributed by atoms with Gasteiger partial charge in [-0.05, 0) is 7.05 Å². The number of amides is 2. The Balaban J connectivity index is 3.95. The molecule has 0 aliphatic rings. The number of rotatable bonds is 7. The topological polar surface area (TPSA) is 92.7 Å². The first kappa shape index (κ1) is 14.8. The molecule has 0 saturated carbocycles. The van der Waals surface area contributed by atoms with Gasteiger partial charge in [-0.25, -0.2) is 0 Å². The van der Waals surface area contributed by atoms with Crippen molar-refractivity contribution >= 4 is 29.0 Å². The molecule has 0 fully saturated rings. The normalized spacial score (nSPS) is 10.2. The van der Waals surface area contributed by atoms with Gasteiger partial charge in [0.2, 0.25) is 11.8 Å². The summed E-state index contributed by atoms with van der Waals surface area (Å²) >= 11 is 4.71. The maximum Gasteiger partial charge on any atom is 0.236 e. The largest absolute Gasteiger partial charge is 0.393 e. The van der Waals surface area contributed by atoms with Gasteiger partial charge in [0.25, 0.3) is 0 Å². The molecule has 0 aromatic heterocycles. The van der Waals surface area contributed by atoms with E-state index in [1.54, 1.807) is 19.0 Å². The molecule has 0 atom stereocenters. The Morgan fingerprint density at radius 1 is 1.19 bits per heavy atom. The van der Waals surface area contributed by atoms with Crippen molar-refractivity contribution in [1.82, 2.24) is 9.80 Å². The van der Waals surface area contributed by atoms with Gasteiger partial charge in [-0.3, -0.25) is 14.5 Å². The lowest BCUT2D eigenvalue weighted by molar-refractivity contribution is -0.131. The predicted octanol–water partition coefficient (Wildman–Crippen LogP) is -1.46. The van der Waals surface area contributed by atoms with Gasteiger partial charge in [-0.2, -0.15) is 0 Å². The van der Waals surface area contributed by atoms with Crippen LogP contribution in [-0.2, 0) is 9.59 Å². The number of hydrogen-bond donors (Lipinski definition) is 2. The van der Waals surface area contributed by atoms with E-state index >= 15 is 0 Å². The summed E-state index contributed by atoms with van der Waals surface area (Å²) in [7, 11) is 3.32. The number of hydrogen-bond acceptors (Lipinski definition) is 4. The third-order valence-electron chi connectivity index (χ3n) is 1.95. The summed E-state index contributed by atoms with van der Waals surface area (Å²) < 4.78 is 0. The highest BCUT2D eigenvalue weighted by atomic mass is 32.1. The quantitative estimate of drug-likeness (QED) is 0.535. The highest BCUT2D eigenvalue weighted by molar-refractivity contribution is 7.80. The van der Waals surface area contributed by atoms with Crippen molar-refractivity contribution in [3.8, 4) is 0 Å². The molecule has 0 aliphatic carbocycles. The third-order valence-corrected chi connectivity index (χ3v) is 2.15. The van der Waals surface area contributed by atoms with Gasteiger partial charge in [0.05, 0.1) is 18.1 Å². The van der Waals surface area contributed by atoms with Crippen LogP contribution in [0.4, 0.5) is 0 Å². The first-order chi connectivity index (χ1) is 7.32. The Hall–Kier alpha value is -1.21. The molecule has 0 aromatic rings. The van der Waals surface area contributed by atoms with Gasteiger partial charge >= 0.3 is 0 Å². The van der Waals surface area contributed by atoms with Crippen molar-refractivity contribution in [3.05, 3.63) is 0 Å².